The Morgan fingerprint density at radius 3 is 2.31 bits per heavy atom. The van der Waals surface area contributed by atoms with Crippen molar-refractivity contribution in [3.63, 3.8) is 0 Å². The molecular formula is C6H8ClN3O2S. The maximum Gasteiger partial charge on any atom is 0.249 e. The highest BCUT2D eigenvalue weighted by atomic mass is 35.5. The van der Waals surface area contributed by atoms with E-state index in [-0.39, 0.29) is 16.0 Å². The second-order valence-corrected chi connectivity index (χ2v) is 4.85. The Labute approximate surface area is 80.9 Å². The summed E-state index contributed by atoms with van der Waals surface area (Å²) in [6.45, 7) is 1.56. The van der Waals surface area contributed by atoms with Crippen molar-refractivity contribution < 1.29 is 8.42 Å². The number of nitrogens with two attached hydrogens (primary N) is 1. The number of anilines is 1. The van der Waals surface area contributed by atoms with Crippen LogP contribution >= 0.6 is 11.6 Å². The summed E-state index contributed by atoms with van der Waals surface area (Å²) in [4.78, 5) is 7.25. The highest BCUT2D eigenvalue weighted by Gasteiger charge is 2.14. The lowest BCUT2D eigenvalue weighted by Gasteiger charge is -2.02. The summed E-state index contributed by atoms with van der Waals surface area (Å²) in [5.41, 5.74) is 5.73. The third-order valence-corrected chi connectivity index (χ3v) is 2.67. The van der Waals surface area contributed by atoms with Crippen LogP contribution in [0.25, 0.3) is 0 Å². The van der Waals surface area contributed by atoms with Gasteiger partial charge in [0.05, 0.1) is 5.69 Å². The Bertz CT molecular complexity index is 420. The van der Waals surface area contributed by atoms with Crippen molar-refractivity contribution in [2.24, 2.45) is 0 Å². The fourth-order valence-corrected chi connectivity index (χ4v) is 1.37. The summed E-state index contributed by atoms with van der Waals surface area (Å²) in [5, 5.41) is -0.112. The molecule has 0 unspecified atom stereocenters. The fourth-order valence-electron chi connectivity index (χ4n) is 0.721. The summed E-state index contributed by atoms with van der Waals surface area (Å²) < 4.78 is 22.0. The second-order valence-electron chi connectivity index (χ2n) is 2.56. The molecule has 1 aromatic rings. The van der Waals surface area contributed by atoms with Crippen LogP contribution in [0.3, 0.4) is 0 Å². The van der Waals surface area contributed by atoms with Crippen LogP contribution in [0.2, 0.25) is 5.02 Å². The smallest absolute Gasteiger partial charge is 0.249 e. The van der Waals surface area contributed by atoms with E-state index in [0.717, 1.165) is 6.26 Å². The average Bonchev–Trinajstić information content (AvgIpc) is 1.97. The summed E-state index contributed by atoms with van der Waals surface area (Å²) in [6, 6.07) is 0. The quantitative estimate of drug-likeness (QED) is 0.695. The van der Waals surface area contributed by atoms with Gasteiger partial charge < -0.3 is 5.73 Å². The Kier molecular flexibility index (Phi) is 2.44. The van der Waals surface area contributed by atoms with E-state index in [2.05, 4.69) is 9.97 Å². The maximum absolute atomic E-state index is 11.0. The molecule has 0 saturated heterocycles. The number of nitrogen functional groups attached to an aromatic ring is 1. The molecule has 7 heteroatoms. The van der Waals surface area contributed by atoms with Gasteiger partial charge in [-0.05, 0) is 6.92 Å². The van der Waals surface area contributed by atoms with E-state index in [9.17, 15) is 8.42 Å². The van der Waals surface area contributed by atoms with Gasteiger partial charge in [0.1, 0.15) is 10.8 Å². The Hall–Kier alpha value is -0.880. The standard InChI is InChI=1S/C6H8ClN3O2S/c1-3-4(7)5(8)10-6(9-3)13(2,11)12/h1-2H3,(H2,8,9,10). The van der Waals surface area contributed by atoms with Gasteiger partial charge in [0.25, 0.3) is 0 Å². The van der Waals surface area contributed by atoms with Gasteiger partial charge in [-0.25, -0.2) is 13.4 Å². The zero-order chi connectivity index (χ0) is 10.2. The molecule has 5 nitrogen and oxygen atoms in total. The number of aryl methyl sites for hydroxylation is 1. The molecule has 1 heterocycles. The number of aromatic nitrogens is 2. The molecule has 0 amide bonds. The van der Waals surface area contributed by atoms with Crippen molar-refractivity contribution in [1.29, 1.82) is 0 Å². The molecule has 0 radical (unpaired) electrons. The molecule has 0 spiro atoms. The molecule has 13 heavy (non-hydrogen) atoms. The molecule has 0 aromatic carbocycles. The van der Waals surface area contributed by atoms with Gasteiger partial charge in [0.15, 0.2) is 0 Å². The van der Waals surface area contributed by atoms with Crippen molar-refractivity contribution in [2.45, 2.75) is 12.1 Å². The predicted octanol–water partition coefficient (Wildman–Crippen LogP) is 0.424. The highest BCUT2D eigenvalue weighted by molar-refractivity contribution is 7.90. The van der Waals surface area contributed by atoms with Crippen LogP contribution in [0.1, 0.15) is 5.69 Å². The minimum absolute atomic E-state index is 0.0189. The first-order valence-electron chi connectivity index (χ1n) is 3.32. The Balaban J connectivity index is 3.47. The number of hydrogen-bond acceptors (Lipinski definition) is 5. The number of rotatable bonds is 1. The number of hydrogen-bond donors (Lipinski definition) is 1. The van der Waals surface area contributed by atoms with Crippen LogP contribution in [-0.4, -0.2) is 24.6 Å². The lowest BCUT2D eigenvalue weighted by Crippen LogP contribution is -2.08. The third kappa shape index (κ3) is 2.07. The van der Waals surface area contributed by atoms with Crippen LogP contribution in [-0.2, 0) is 9.84 Å². The van der Waals surface area contributed by atoms with Gasteiger partial charge in [-0.2, -0.15) is 4.98 Å². The van der Waals surface area contributed by atoms with E-state index in [1.807, 2.05) is 0 Å². The monoisotopic (exact) mass is 221 g/mol. The number of nitrogens with zero attached hydrogens (tertiary/aromatic N) is 2. The first-order chi connectivity index (χ1) is 5.82. The van der Waals surface area contributed by atoms with Gasteiger partial charge in [-0.15, -0.1) is 0 Å². The minimum Gasteiger partial charge on any atom is -0.382 e. The molecular weight excluding hydrogens is 214 g/mol. The normalized spacial score (nSPS) is 11.6. The molecule has 0 bridgehead atoms. The van der Waals surface area contributed by atoms with Crippen molar-refractivity contribution in [1.82, 2.24) is 9.97 Å². The molecule has 0 saturated carbocycles. The molecule has 1 rings (SSSR count). The van der Waals surface area contributed by atoms with E-state index in [4.69, 9.17) is 17.3 Å². The maximum atomic E-state index is 11.0. The summed E-state index contributed by atoms with van der Waals surface area (Å²) in [7, 11) is -3.43. The minimum atomic E-state index is -3.43. The third-order valence-electron chi connectivity index (χ3n) is 1.35. The van der Waals surface area contributed by atoms with E-state index in [1.54, 1.807) is 6.92 Å². The summed E-state index contributed by atoms with van der Waals surface area (Å²) >= 11 is 5.65. The largest absolute Gasteiger partial charge is 0.382 e. The van der Waals surface area contributed by atoms with Crippen LogP contribution in [0.15, 0.2) is 5.16 Å². The molecule has 1 aromatic heterocycles. The predicted molar refractivity (Wildman–Crippen MR) is 49.3 cm³/mol. The molecule has 0 fully saturated rings. The Morgan fingerprint density at radius 2 is 1.92 bits per heavy atom. The molecule has 0 aliphatic rings. The van der Waals surface area contributed by atoms with E-state index < -0.39 is 9.84 Å². The van der Waals surface area contributed by atoms with Crippen LogP contribution in [0, 0.1) is 6.92 Å². The molecule has 2 N–H and O–H groups in total. The molecule has 0 aliphatic heterocycles. The van der Waals surface area contributed by atoms with Gasteiger partial charge in [-0.3, -0.25) is 0 Å². The Morgan fingerprint density at radius 1 is 1.38 bits per heavy atom. The van der Waals surface area contributed by atoms with Crippen LogP contribution < -0.4 is 5.73 Å². The highest BCUT2D eigenvalue weighted by Crippen LogP contribution is 2.20. The lowest BCUT2D eigenvalue weighted by molar-refractivity contribution is 0.592. The van der Waals surface area contributed by atoms with Gasteiger partial charge in [0.2, 0.25) is 15.0 Å². The zero-order valence-electron chi connectivity index (χ0n) is 7.07. The zero-order valence-corrected chi connectivity index (χ0v) is 8.65. The van der Waals surface area contributed by atoms with Crippen LogP contribution in [0.5, 0.6) is 0 Å². The van der Waals surface area contributed by atoms with Gasteiger partial charge in [0, 0.05) is 6.26 Å². The fraction of sp³-hybridized carbons (Fsp3) is 0.333. The molecule has 0 aliphatic carbocycles. The van der Waals surface area contributed by atoms with Crippen molar-refractivity contribution in [3.05, 3.63) is 10.7 Å². The SMILES string of the molecule is Cc1nc(S(C)(=O)=O)nc(N)c1Cl. The van der Waals surface area contributed by atoms with Gasteiger partial charge in [-0.1, -0.05) is 11.6 Å². The summed E-state index contributed by atoms with van der Waals surface area (Å²) in [5.74, 6) is -0.0189. The first kappa shape index (κ1) is 10.2. The van der Waals surface area contributed by atoms with E-state index >= 15 is 0 Å². The van der Waals surface area contributed by atoms with E-state index in [0.29, 0.717) is 5.69 Å². The lowest BCUT2D eigenvalue weighted by atomic mass is 10.4. The number of halogens is 1. The van der Waals surface area contributed by atoms with Crippen molar-refractivity contribution in [2.75, 3.05) is 12.0 Å². The first-order valence-corrected chi connectivity index (χ1v) is 5.59. The molecule has 0 atom stereocenters. The van der Waals surface area contributed by atoms with Crippen LogP contribution in [0.4, 0.5) is 5.82 Å². The molecule has 72 valence electrons. The second kappa shape index (κ2) is 3.12. The topological polar surface area (TPSA) is 85.9 Å². The van der Waals surface area contributed by atoms with Crippen molar-refractivity contribution >= 4 is 27.3 Å². The summed E-state index contributed by atoms with van der Waals surface area (Å²) in [6.07, 6.45) is 1.01. The average molecular weight is 222 g/mol. The van der Waals surface area contributed by atoms with Gasteiger partial charge >= 0.3 is 0 Å². The van der Waals surface area contributed by atoms with Crippen molar-refractivity contribution in [3.8, 4) is 0 Å². The van der Waals surface area contributed by atoms with E-state index in [1.165, 1.54) is 0 Å². The number of sulfone groups is 1.